The summed E-state index contributed by atoms with van der Waals surface area (Å²) in [5, 5.41) is 3.18. The summed E-state index contributed by atoms with van der Waals surface area (Å²) in [7, 11) is 0. The number of rotatable bonds is 8. The van der Waals surface area contributed by atoms with Crippen LogP contribution in [-0.4, -0.2) is 60.3 Å². The summed E-state index contributed by atoms with van der Waals surface area (Å²) >= 11 is 4.65. The van der Waals surface area contributed by atoms with Crippen LogP contribution in [0.3, 0.4) is 0 Å². The number of amides is 2. The average molecular weight is 629 g/mol. The van der Waals surface area contributed by atoms with Gasteiger partial charge in [0, 0.05) is 27.7 Å². The first-order valence-corrected chi connectivity index (χ1v) is 13.2. The quantitative estimate of drug-likeness (QED) is 0.337. The van der Waals surface area contributed by atoms with Crippen molar-refractivity contribution < 1.29 is 19.1 Å². The molecule has 3 rings (SSSR count). The highest BCUT2D eigenvalue weighted by molar-refractivity contribution is 14.1. The highest BCUT2D eigenvalue weighted by Crippen LogP contribution is 2.30. The van der Waals surface area contributed by atoms with Gasteiger partial charge in [-0.2, -0.15) is 0 Å². The smallest absolute Gasteiger partial charge is 0.409 e. The molecule has 0 bridgehead atoms. The van der Waals surface area contributed by atoms with Crippen LogP contribution in [0.15, 0.2) is 0 Å². The van der Waals surface area contributed by atoms with Gasteiger partial charge in [-0.05, 0) is 50.2 Å². The number of halogens is 2. The largest absolute Gasteiger partial charge is 0.450 e. The third-order valence-corrected chi connectivity index (χ3v) is 7.10. The van der Waals surface area contributed by atoms with E-state index in [2.05, 4.69) is 55.5 Å². The predicted molar refractivity (Wildman–Crippen MR) is 128 cm³/mol. The number of aromatic nitrogens is 1. The molecule has 162 valence electrons. The first-order valence-electron chi connectivity index (χ1n) is 10.1. The molecule has 1 aromatic heterocycles. The molecule has 0 spiro atoms. The molecule has 7 nitrogen and oxygen atoms in total. The molecular weight excluding hydrogens is 600 g/mol. The van der Waals surface area contributed by atoms with Gasteiger partial charge in [0.25, 0.3) is 5.91 Å². The summed E-state index contributed by atoms with van der Waals surface area (Å²) in [5.74, 6) is 0.526. The molecule has 1 aromatic rings. The van der Waals surface area contributed by atoms with Gasteiger partial charge >= 0.3 is 6.09 Å². The van der Waals surface area contributed by atoms with Gasteiger partial charge in [0.2, 0.25) is 0 Å². The Hall–Kier alpha value is -0.560. The highest BCUT2D eigenvalue weighted by atomic mass is 127. The lowest BCUT2D eigenvalue weighted by Crippen LogP contribution is -2.56. The second-order valence-electron chi connectivity index (χ2n) is 7.68. The van der Waals surface area contributed by atoms with E-state index >= 15 is 0 Å². The number of carbonyl (C=O) groups is 2. The molecule has 2 amide bonds. The van der Waals surface area contributed by atoms with Crippen LogP contribution in [0.25, 0.3) is 0 Å². The van der Waals surface area contributed by atoms with E-state index in [0.29, 0.717) is 44.3 Å². The number of aryl methyl sites for hydroxylation is 1. The minimum atomic E-state index is -0.309. The van der Waals surface area contributed by atoms with E-state index in [9.17, 15) is 9.59 Å². The Labute approximate surface area is 199 Å². The first-order chi connectivity index (χ1) is 14.0. The van der Waals surface area contributed by atoms with Crippen LogP contribution >= 0.6 is 45.2 Å². The lowest BCUT2D eigenvalue weighted by atomic mass is 10.0. The number of carbonyl (C=O) groups excluding carboxylic acids is 2. The Morgan fingerprint density at radius 3 is 2.55 bits per heavy atom. The number of nitrogens with zero attached hydrogens (tertiary/aromatic N) is 1. The number of ether oxygens (including phenoxy) is 2. The minimum absolute atomic E-state index is 0.0922. The second kappa shape index (κ2) is 10.7. The monoisotopic (exact) mass is 629 g/mol. The van der Waals surface area contributed by atoms with E-state index in [0.717, 1.165) is 20.1 Å². The second-order valence-corrected chi connectivity index (χ2v) is 9.20. The summed E-state index contributed by atoms with van der Waals surface area (Å²) in [5.41, 5.74) is 3.99. The van der Waals surface area contributed by atoms with Crippen LogP contribution in [0.1, 0.15) is 53.5 Å². The number of piperidine rings is 1. The standard InChI is InChI=1S/C20H29I2N3O4/c1-3-28-20(27)25-7-6-16(17(10-25)29-11-13-4-5-13)24-19(26)18-15(9-22)14(8-21)12(2)23-18/h13,16-17,23H,3-11H2,1-2H3,(H,24,26)/t16-,17+/m1/s1. The van der Waals surface area contributed by atoms with Gasteiger partial charge in [0.1, 0.15) is 5.69 Å². The van der Waals surface area contributed by atoms with Crippen LogP contribution in [0.4, 0.5) is 4.79 Å². The number of alkyl halides is 2. The third-order valence-electron chi connectivity index (χ3n) is 5.57. The maximum atomic E-state index is 13.1. The molecule has 1 aliphatic heterocycles. The minimum Gasteiger partial charge on any atom is -0.450 e. The van der Waals surface area contributed by atoms with Gasteiger partial charge in [-0.15, -0.1) is 0 Å². The molecule has 9 heteroatoms. The number of nitrogens with one attached hydrogen (secondary N) is 2. The zero-order valence-corrected chi connectivity index (χ0v) is 21.2. The van der Waals surface area contributed by atoms with E-state index in [-0.39, 0.29) is 24.1 Å². The van der Waals surface area contributed by atoms with Gasteiger partial charge in [-0.3, -0.25) is 4.79 Å². The van der Waals surface area contributed by atoms with Crippen molar-refractivity contribution in [2.45, 2.75) is 54.1 Å². The molecule has 0 unspecified atom stereocenters. The van der Waals surface area contributed by atoms with Crippen molar-refractivity contribution in [3.05, 3.63) is 22.5 Å². The van der Waals surface area contributed by atoms with E-state index in [1.165, 1.54) is 18.4 Å². The fourth-order valence-corrected chi connectivity index (χ4v) is 5.53. The third kappa shape index (κ3) is 5.78. The molecule has 1 saturated heterocycles. The maximum Gasteiger partial charge on any atom is 0.409 e. The van der Waals surface area contributed by atoms with Crippen LogP contribution in [-0.2, 0) is 18.3 Å². The van der Waals surface area contributed by atoms with Crippen molar-refractivity contribution in [2.24, 2.45) is 5.92 Å². The summed E-state index contributed by atoms with van der Waals surface area (Å²) in [6.07, 6.45) is 2.52. The van der Waals surface area contributed by atoms with Crippen molar-refractivity contribution in [3.63, 3.8) is 0 Å². The topological polar surface area (TPSA) is 83.7 Å². The van der Waals surface area contributed by atoms with E-state index in [1.807, 2.05) is 6.92 Å². The molecule has 29 heavy (non-hydrogen) atoms. The molecule has 0 aromatic carbocycles. The Morgan fingerprint density at radius 1 is 1.21 bits per heavy atom. The lowest BCUT2D eigenvalue weighted by Gasteiger charge is -2.38. The van der Waals surface area contributed by atoms with Crippen LogP contribution < -0.4 is 5.32 Å². The molecule has 2 aliphatic rings. The predicted octanol–water partition coefficient (Wildman–Crippen LogP) is 3.95. The Bertz CT molecular complexity index is 736. The molecule has 2 N–H and O–H groups in total. The van der Waals surface area contributed by atoms with Gasteiger partial charge in [0.15, 0.2) is 0 Å². The molecule has 2 fully saturated rings. The van der Waals surface area contributed by atoms with Crippen LogP contribution in [0, 0.1) is 12.8 Å². The summed E-state index contributed by atoms with van der Waals surface area (Å²) in [6.45, 7) is 5.85. The molecule has 2 atom stereocenters. The number of H-pyrrole nitrogens is 1. The van der Waals surface area contributed by atoms with E-state index in [4.69, 9.17) is 9.47 Å². The van der Waals surface area contributed by atoms with Gasteiger partial charge < -0.3 is 24.7 Å². The number of likely N-dealkylation sites (tertiary alicyclic amines) is 1. The maximum absolute atomic E-state index is 13.1. The Kier molecular flexibility index (Phi) is 8.49. The van der Waals surface area contributed by atoms with E-state index < -0.39 is 0 Å². The summed E-state index contributed by atoms with van der Waals surface area (Å²) in [6, 6.07) is -0.124. The Morgan fingerprint density at radius 2 is 1.93 bits per heavy atom. The SMILES string of the molecule is CCOC(=O)N1CC[C@@H](NC(=O)c2[nH]c(C)c(CI)c2CI)[C@@H](OCC2CC2)C1. The number of hydrogen-bond donors (Lipinski definition) is 2. The summed E-state index contributed by atoms with van der Waals surface area (Å²) in [4.78, 5) is 30.2. The molecule has 2 heterocycles. The van der Waals surface area contributed by atoms with E-state index in [1.54, 1.807) is 11.8 Å². The van der Waals surface area contributed by atoms with Crippen LogP contribution in [0.5, 0.6) is 0 Å². The Balaban J connectivity index is 1.70. The van der Waals surface area contributed by atoms with Gasteiger partial charge in [-0.25, -0.2) is 4.79 Å². The fraction of sp³-hybridized carbons (Fsp3) is 0.700. The first kappa shape index (κ1) is 23.1. The van der Waals surface area contributed by atoms with Crippen molar-refractivity contribution in [3.8, 4) is 0 Å². The molecule has 1 aliphatic carbocycles. The summed E-state index contributed by atoms with van der Waals surface area (Å²) < 4.78 is 12.9. The highest BCUT2D eigenvalue weighted by Gasteiger charge is 2.36. The normalized spacial score (nSPS) is 21.9. The molecule has 0 radical (unpaired) electrons. The molecular formula is C20H29I2N3O4. The van der Waals surface area contributed by atoms with Crippen LogP contribution in [0.2, 0.25) is 0 Å². The van der Waals surface area contributed by atoms with Gasteiger partial charge in [0.05, 0.1) is 25.3 Å². The lowest BCUT2D eigenvalue weighted by molar-refractivity contribution is -0.0239. The van der Waals surface area contributed by atoms with Crippen molar-refractivity contribution in [2.75, 3.05) is 26.3 Å². The average Bonchev–Trinajstić information content (AvgIpc) is 3.48. The zero-order chi connectivity index (χ0) is 21.0. The number of aromatic amines is 1. The van der Waals surface area contributed by atoms with Crippen molar-refractivity contribution in [1.82, 2.24) is 15.2 Å². The zero-order valence-electron chi connectivity index (χ0n) is 16.9. The molecule has 1 saturated carbocycles. The van der Waals surface area contributed by atoms with Crippen molar-refractivity contribution in [1.29, 1.82) is 0 Å². The fourth-order valence-electron chi connectivity index (χ4n) is 3.65. The van der Waals surface area contributed by atoms with Gasteiger partial charge in [-0.1, -0.05) is 45.2 Å². The van der Waals surface area contributed by atoms with Crippen molar-refractivity contribution >= 4 is 57.2 Å². The number of hydrogen-bond acceptors (Lipinski definition) is 4.